The first-order chi connectivity index (χ1) is 10.5. The summed E-state index contributed by atoms with van der Waals surface area (Å²) in [5.74, 6) is -0.782. The summed E-state index contributed by atoms with van der Waals surface area (Å²) >= 11 is 5.85. The van der Waals surface area contributed by atoms with Crippen LogP contribution >= 0.6 is 11.6 Å². The van der Waals surface area contributed by atoms with Gasteiger partial charge in [0.2, 0.25) is 11.8 Å². The van der Waals surface area contributed by atoms with Crippen LogP contribution in [0.5, 0.6) is 0 Å². The van der Waals surface area contributed by atoms with Crippen molar-refractivity contribution in [2.24, 2.45) is 0 Å². The average molecular weight is 324 g/mol. The minimum Gasteiger partial charge on any atom is -0.481 e. The lowest BCUT2D eigenvalue weighted by Gasteiger charge is -2.15. The quantitative estimate of drug-likeness (QED) is 0.843. The van der Waals surface area contributed by atoms with Crippen LogP contribution in [0.4, 0.5) is 0 Å². The first kappa shape index (κ1) is 16.0. The number of carboxylic acid groups (broad SMARTS) is 1. The van der Waals surface area contributed by atoms with Gasteiger partial charge in [0.1, 0.15) is 6.04 Å². The summed E-state index contributed by atoms with van der Waals surface area (Å²) in [6.45, 7) is 1.64. The second-order valence-corrected chi connectivity index (χ2v) is 5.05. The molecular formula is C14H14ClN3O4. The molecule has 2 rings (SSSR count). The highest BCUT2D eigenvalue weighted by Crippen LogP contribution is 2.22. The van der Waals surface area contributed by atoms with Crippen LogP contribution in [0.3, 0.4) is 0 Å². The maximum Gasteiger partial charge on any atom is 0.303 e. The maximum atomic E-state index is 11.9. The molecule has 1 amide bonds. The van der Waals surface area contributed by atoms with Gasteiger partial charge in [-0.3, -0.25) is 9.59 Å². The molecule has 8 heteroatoms. The molecule has 0 saturated heterocycles. The molecule has 1 heterocycles. The number of benzene rings is 1. The Kier molecular flexibility index (Phi) is 5.11. The van der Waals surface area contributed by atoms with Crippen LogP contribution in [0.25, 0.3) is 0 Å². The molecule has 2 N–H and O–H groups in total. The highest BCUT2D eigenvalue weighted by atomic mass is 35.5. The number of carbonyl (C=O) groups excluding carboxylic acids is 1. The Bertz CT molecular complexity index is 669. The summed E-state index contributed by atoms with van der Waals surface area (Å²) in [5.41, 5.74) is 0.717. The van der Waals surface area contributed by atoms with Crippen molar-refractivity contribution in [1.29, 1.82) is 0 Å². The zero-order valence-electron chi connectivity index (χ0n) is 11.7. The lowest BCUT2D eigenvalue weighted by molar-refractivity contribution is -0.138. The van der Waals surface area contributed by atoms with Crippen LogP contribution in [0.2, 0.25) is 5.02 Å². The Labute approximate surface area is 131 Å². The van der Waals surface area contributed by atoms with Gasteiger partial charge in [-0.25, -0.2) is 0 Å². The number of aromatic nitrogens is 2. The van der Waals surface area contributed by atoms with E-state index in [1.54, 1.807) is 31.2 Å². The summed E-state index contributed by atoms with van der Waals surface area (Å²) in [4.78, 5) is 26.5. The molecule has 1 unspecified atom stereocenters. The zero-order chi connectivity index (χ0) is 16.1. The molecule has 0 aliphatic carbocycles. The number of hydrogen-bond acceptors (Lipinski definition) is 5. The number of carboxylic acids is 1. The maximum absolute atomic E-state index is 11.9. The summed E-state index contributed by atoms with van der Waals surface area (Å²) in [6.07, 6.45) is -0.374. The van der Waals surface area contributed by atoms with Crippen LogP contribution in [-0.2, 0) is 9.59 Å². The van der Waals surface area contributed by atoms with Gasteiger partial charge < -0.3 is 14.9 Å². The van der Waals surface area contributed by atoms with Crippen molar-refractivity contribution in [3.63, 3.8) is 0 Å². The smallest absolute Gasteiger partial charge is 0.303 e. The monoisotopic (exact) mass is 323 g/mol. The van der Waals surface area contributed by atoms with E-state index in [0.717, 1.165) is 0 Å². The Hall–Kier alpha value is -2.41. The summed E-state index contributed by atoms with van der Waals surface area (Å²) in [7, 11) is 0. The Balaban J connectivity index is 2.20. The normalized spacial score (nSPS) is 11.9. The largest absolute Gasteiger partial charge is 0.481 e. The van der Waals surface area contributed by atoms with E-state index in [1.807, 2.05) is 0 Å². The highest BCUT2D eigenvalue weighted by Gasteiger charge is 2.22. The van der Waals surface area contributed by atoms with Crippen molar-refractivity contribution >= 4 is 23.5 Å². The third kappa shape index (κ3) is 4.29. The molecule has 1 atom stereocenters. The second-order valence-electron chi connectivity index (χ2n) is 4.62. The van der Waals surface area contributed by atoms with E-state index in [1.165, 1.54) is 0 Å². The summed E-state index contributed by atoms with van der Waals surface area (Å²) < 4.78 is 4.94. The van der Waals surface area contributed by atoms with Gasteiger partial charge in [-0.2, -0.15) is 4.98 Å². The number of carbonyl (C=O) groups is 2. The number of nitrogens with zero attached hydrogens (tertiary/aromatic N) is 2. The molecule has 1 aromatic heterocycles. The lowest BCUT2D eigenvalue weighted by Crippen LogP contribution is -2.30. The fraction of sp³-hybridized carbons (Fsp3) is 0.286. The minimum absolute atomic E-state index is 0.129. The van der Waals surface area contributed by atoms with Crippen molar-refractivity contribution in [3.8, 4) is 0 Å². The van der Waals surface area contributed by atoms with Gasteiger partial charge in [-0.05, 0) is 17.7 Å². The van der Waals surface area contributed by atoms with E-state index < -0.39 is 17.9 Å². The van der Waals surface area contributed by atoms with Crippen molar-refractivity contribution in [2.45, 2.75) is 25.8 Å². The van der Waals surface area contributed by atoms with Gasteiger partial charge in [0, 0.05) is 18.4 Å². The van der Waals surface area contributed by atoms with Crippen molar-refractivity contribution < 1.29 is 19.2 Å². The molecule has 0 aliphatic heterocycles. The average Bonchev–Trinajstić information content (AvgIpc) is 2.90. The van der Waals surface area contributed by atoms with Crippen molar-refractivity contribution in [1.82, 2.24) is 15.5 Å². The van der Waals surface area contributed by atoms with E-state index >= 15 is 0 Å². The first-order valence-electron chi connectivity index (χ1n) is 6.52. The molecule has 7 nitrogen and oxygen atoms in total. The number of halogens is 1. The SMILES string of the molecule is Cc1nc(C(NC(=O)CCC(=O)O)c2ccc(Cl)cc2)no1. The number of aliphatic carboxylic acids is 1. The third-order valence-corrected chi connectivity index (χ3v) is 3.13. The van der Waals surface area contributed by atoms with Gasteiger partial charge in [0.15, 0.2) is 5.82 Å². The van der Waals surface area contributed by atoms with Gasteiger partial charge in [0.25, 0.3) is 0 Å². The standard InChI is InChI=1S/C14H14ClN3O4/c1-8-16-14(18-22-8)13(9-2-4-10(15)5-3-9)17-11(19)6-7-12(20)21/h2-5,13H,6-7H2,1H3,(H,17,19)(H,20,21). The number of amides is 1. The molecule has 0 bridgehead atoms. The Morgan fingerprint density at radius 1 is 1.32 bits per heavy atom. The van der Waals surface area contributed by atoms with Gasteiger partial charge in [-0.15, -0.1) is 0 Å². The van der Waals surface area contributed by atoms with Gasteiger partial charge in [0.05, 0.1) is 6.42 Å². The molecule has 22 heavy (non-hydrogen) atoms. The van der Waals surface area contributed by atoms with Crippen LogP contribution in [0, 0.1) is 6.92 Å². The summed E-state index contributed by atoms with van der Waals surface area (Å²) in [5, 5.41) is 15.7. The van der Waals surface area contributed by atoms with E-state index in [2.05, 4.69) is 15.5 Å². The van der Waals surface area contributed by atoms with E-state index in [9.17, 15) is 9.59 Å². The molecule has 1 aromatic carbocycles. The van der Waals surface area contributed by atoms with Gasteiger partial charge in [-0.1, -0.05) is 28.9 Å². The molecular weight excluding hydrogens is 310 g/mol. The van der Waals surface area contributed by atoms with E-state index in [0.29, 0.717) is 22.3 Å². The van der Waals surface area contributed by atoms with Crippen LogP contribution in [0.1, 0.15) is 36.2 Å². The number of rotatable bonds is 6. The van der Waals surface area contributed by atoms with Crippen molar-refractivity contribution in [3.05, 3.63) is 46.6 Å². The third-order valence-electron chi connectivity index (χ3n) is 2.88. The van der Waals surface area contributed by atoms with Gasteiger partial charge >= 0.3 is 5.97 Å². The predicted octanol–water partition coefficient (Wildman–Crippen LogP) is 2.10. The Morgan fingerprint density at radius 2 is 2.00 bits per heavy atom. The van der Waals surface area contributed by atoms with Crippen LogP contribution < -0.4 is 5.32 Å². The van der Waals surface area contributed by atoms with Crippen LogP contribution in [0.15, 0.2) is 28.8 Å². The van der Waals surface area contributed by atoms with Crippen LogP contribution in [-0.4, -0.2) is 27.1 Å². The molecule has 0 aliphatic rings. The fourth-order valence-corrected chi connectivity index (χ4v) is 1.96. The first-order valence-corrected chi connectivity index (χ1v) is 6.90. The number of aryl methyl sites for hydroxylation is 1. The highest BCUT2D eigenvalue weighted by molar-refractivity contribution is 6.30. The topological polar surface area (TPSA) is 105 Å². The van der Waals surface area contributed by atoms with E-state index in [-0.39, 0.29) is 12.8 Å². The molecule has 0 saturated carbocycles. The van der Waals surface area contributed by atoms with Crippen molar-refractivity contribution in [2.75, 3.05) is 0 Å². The molecule has 116 valence electrons. The van der Waals surface area contributed by atoms with E-state index in [4.69, 9.17) is 21.2 Å². The summed E-state index contributed by atoms with van der Waals surface area (Å²) in [6, 6.07) is 6.20. The number of nitrogens with one attached hydrogen (secondary N) is 1. The lowest BCUT2D eigenvalue weighted by atomic mass is 10.1. The fourth-order valence-electron chi connectivity index (χ4n) is 1.84. The number of hydrogen-bond donors (Lipinski definition) is 2. The molecule has 0 radical (unpaired) electrons. The molecule has 2 aromatic rings. The molecule has 0 spiro atoms. The second kappa shape index (κ2) is 7.04. The molecule has 0 fully saturated rings. The predicted molar refractivity (Wildman–Crippen MR) is 77.3 cm³/mol. The zero-order valence-corrected chi connectivity index (χ0v) is 12.5. The Morgan fingerprint density at radius 3 is 2.55 bits per heavy atom. The minimum atomic E-state index is -1.03.